The van der Waals surface area contributed by atoms with Crippen LogP contribution < -0.4 is 17.2 Å². The summed E-state index contributed by atoms with van der Waals surface area (Å²) in [5.74, 6) is 0. The summed E-state index contributed by atoms with van der Waals surface area (Å²) in [7, 11) is 0. The number of nitrogens with two attached hydrogens (primary N) is 3. The monoisotopic (exact) mass is 451 g/mol. The first-order valence-electron chi connectivity index (χ1n) is 11.8. The summed E-state index contributed by atoms with van der Waals surface area (Å²) in [5, 5.41) is 4.77. The van der Waals surface area contributed by atoms with Crippen LogP contribution in [0.15, 0.2) is 103 Å². The lowest BCUT2D eigenvalue weighted by atomic mass is 10.1. The second-order valence-corrected chi connectivity index (χ2v) is 7.72. The van der Waals surface area contributed by atoms with Gasteiger partial charge in [0, 0.05) is 22.4 Å². The minimum Gasteiger partial charge on any atom is -0.399 e. The number of rotatable bonds is 1. The van der Waals surface area contributed by atoms with E-state index in [-0.39, 0.29) is 0 Å². The average molecular weight is 452 g/mol. The highest BCUT2D eigenvalue weighted by Gasteiger charge is 1.94. The van der Waals surface area contributed by atoms with Crippen LogP contribution >= 0.6 is 0 Å². The average Bonchev–Trinajstić information content (AvgIpc) is 2.88. The predicted octanol–water partition coefficient (Wildman–Crippen LogP) is 8.01. The Morgan fingerprint density at radius 2 is 1.18 bits per heavy atom. The maximum Gasteiger partial charge on any atom is 0.0393 e. The minimum atomic E-state index is 0.823. The summed E-state index contributed by atoms with van der Waals surface area (Å²) in [6.07, 6.45) is 1.06. The molecule has 0 saturated heterocycles. The Morgan fingerprint density at radius 1 is 0.559 bits per heavy atom. The standard InChI is InChI=1S/2C10H9N.C9H13N.C2H6/c11-10-7-3-5-8-4-1-2-6-9(8)10;11-10-6-5-8-3-1-2-4-9(8)7-10;1-3-8-5-4-7(2)9(10)6-8;1-2/h2*1-7H,11H2;4-6H,3,10H2,1-2H3;1-2H3. The van der Waals surface area contributed by atoms with Crippen LogP contribution in [0, 0.1) is 6.92 Å². The Balaban J connectivity index is 0.000000174. The topological polar surface area (TPSA) is 78.1 Å². The Kier molecular flexibility index (Phi) is 10.5. The number of benzene rings is 5. The third-order valence-electron chi connectivity index (χ3n) is 5.35. The van der Waals surface area contributed by atoms with E-state index in [1.807, 2.05) is 87.5 Å². The van der Waals surface area contributed by atoms with E-state index in [2.05, 4.69) is 43.3 Å². The number of aryl methyl sites for hydroxylation is 2. The molecule has 0 aliphatic rings. The summed E-state index contributed by atoms with van der Waals surface area (Å²) in [6, 6.07) is 34.4. The van der Waals surface area contributed by atoms with Crippen LogP contribution in [0.5, 0.6) is 0 Å². The summed E-state index contributed by atoms with van der Waals surface area (Å²) >= 11 is 0. The number of fused-ring (bicyclic) bond motifs is 2. The molecule has 0 heterocycles. The SMILES string of the molecule is CC.CCc1ccc(C)c(N)c1.Nc1ccc2ccccc2c1.Nc1cccc2ccccc12. The Bertz CT molecular complexity index is 1300. The van der Waals surface area contributed by atoms with Crippen molar-refractivity contribution in [2.24, 2.45) is 0 Å². The molecule has 0 unspecified atom stereocenters. The molecule has 0 fully saturated rings. The van der Waals surface area contributed by atoms with Gasteiger partial charge in [0.25, 0.3) is 0 Å². The molecule has 0 amide bonds. The normalized spacial score (nSPS) is 9.65. The third-order valence-corrected chi connectivity index (χ3v) is 5.35. The fourth-order valence-corrected chi connectivity index (χ4v) is 3.37. The number of hydrogen-bond donors (Lipinski definition) is 3. The van der Waals surface area contributed by atoms with Crippen LogP contribution in [0.1, 0.15) is 31.9 Å². The van der Waals surface area contributed by atoms with Gasteiger partial charge < -0.3 is 17.2 Å². The molecule has 0 aliphatic heterocycles. The Morgan fingerprint density at radius 3 is 1.82 bits per heavy atom. The molecule has 0 radical (unpaired) electrons. The lowest BCUT2D eigenvalue weighted by Crippen LogP contribution is -1.90. The van der Waals surface area contributed by atoms with Gasteiger partial charge in [-0.15, -0.1) is 0 Å². The summed E-state index contributed by atoms with van der Waals surface area (Å²) in [5.41, 5.74) is 22.1. The van der Waals surface area contributed by atoms with E-state index in [1.54, 1.807) is 0 Å². The number of anilines is 3. The van der Waals surface area contributed by atoms with Gasteiger partial charge in [-0.25, -0.2) is 0 Å². The summed E-state index contributed by atoms with van der Waals surface area (Å²) in [6.45, 7) is 8.15. The highest BCUT2D eigenvalue weighted by molar-refractivity contribution is 5.92. The molecule has 0 aromatic heterocycles. The highest BCUT2D eigenvalue weighted by atomic mass is 14.6. The van der Waals surface area contributed by atoms with Crippen molar-refractivity contribution in [2.45, 2.75) is 34.1 Å². The molecule has 5 rings (SSSR count). The third kappa shape index (κ3) is 7.56. The molecule has 176 valence electrons. The van der Waals surface area contributed by atoms with E-state index in [0.717, 1.165) is 34.4 Å². The zero-order valence-electron chi connectivity index (χ0n) is 20.8. The van der Waals surface area contributed by atoms with Crippen LogP contribution in [0.3, 0.4) is 0 Å². The van der Waals surface area contributed by atoms with E-state index < -0.39 is 0 Å². The molecule has 34 heavy (non-hydrogen) atoms. The zero-order valence-corrected chi connectivity index (χ0v) is 20.8. The Hall–Kier alpha value is -3.98. The van der Waals surface area contributed by atoms with Crippen molar-refractivity contribution < 1.29 is 0 Å². The van der Waals surface area contributed by atoms with Gasteiger partial charge in [-0.1, -0.05) is 99.6 Å². The highest BCUT2D eigenvalue weighted by Crippen LogP contribution is 2.19. The molecule has 5 aromatic rings. The molecule has 5 aromatic carbocycles. The lowest BCUT2D eigenvalue weighted by molar-refractivity contribution is 1.14. The van der Waals surface area contributed by atoms with Gasteiger partial charge >= 0.3 is 0 Å². The van der Waals surface area contributed by atoms with Crippen LogP contribution in [0.25, 0.3) is 21.5 Å². The quantitative estimate of drug-likeness (QED) is 0.226. The van der Waals surface area contributed by atoms with Crippen molar-refractivity contribution in [1.29, 1.82) is 0 Å². The van der Waals surface area contributed by atoms with Crippen molar-refractivity contribution in [1.82, 2.24) is 0 Å². The van der Waals surface area contributed by atoms with Crippen LogP contribution in [-0.2, 0) is 6.42 Å². The van der Waals surface area contributed by atoms with E-state index in [4.69, 9.17) is 17.2 Å². The first-order valence-corrected chi connectivity index (χ1v) is 11.8. The molecular formula is C31H37N3. The fraction of sp³-hybridized carbons (Fsp3) is 0.161. The maximum absolute atomic E-state index is 5.76. The maximum atomic E-state index is 5.76. The first-order chi connectivity index (χ1) is 16.5. The van der Waals surface area contributed by atoms with Crippen molar-refractivity contribution in [2.75, 3.05) is 17.2 Å². The van der Waals surface area contributed by atoms with Crippen LogP contribution in [0.4, 0.5) is 17.1 Å². The second-order valence-electron chi connectivity index (χ2n) is 7.72. The van der Waals surface area contributed by atoms with E-state index in [1.165, 1.54) is 21.7 Å². The molecule has 0 saturated carbocycles. The zero-order chi connectivity index (χ0) is 24.9. The number of hydrogen-bond acceptors (Lipinski definition) is 3. The van der Waals surface area contributed by atoms with Gasteiger partial charge in [0.2, 0.25) is 0 Å². The predicted molar refractivity (Wildman–Crippen MR) is 153 cm³/mol. The second kappa shape index (κ2) is 13.5. The van der Waals surface area contributed by atoms with Gasteiger partial charge in [-0.2, -0.15) is 0 Å². The van der Waals surface area contributed by atoms with Crippen molar-refractivity contribution in [3.8, 4) is 0 Å². The smallest absolute Gasteiger partial charge is 0.0393 e. The molecule has 0 bridgehead atoms. The summed E-state index contributed by atoms with van der Waals surface area (Å²) in [4.78, 5) is 0. The van der Waals surface area contributed by atoms with Gasteiger partial charge in [-0.05, 0) is 64.9 Å². The molecule has 6 N–H and O–H groups in total. The van der Waals surface area contributed by atoms with Gasteiger partial charge in [-0.3, -0.25) is 0 Å². The van der Waals surface area contributed by atoms with Gasteiger partial charge in [0.1, 0.15) is 0 Å². The number of nitrogen functional groups attached to an aromatic ring is 3. The van der Waals surface area contributed by atoms with E-state index in [0.29, 0.717) is 0 Å². The van der Waals surface area contributed by atoms with Crippen molar-refractivity contribution >= 4 is 38.6 Å². The van der Waals surface area contributed by atoms with Gasteiger partial charge in [0.05, 0.1) is 0 Å². The lowest BCUT2D eigenvalue weighted by Gasteiger charge is -2.01. The molecule has 3 heteroatoms. The summed E-state index contributed by atoms with van der Waals surface area (Å²) < 4.78 is 0. The van der Waals surface area contributed by atoms with Crippen molar-refractivity contribution in [3.63, 3.8) is 0 Å². The fourth-order valence-electron chi connectivity index (χ4n) is 3.37. The molecule has 0 aliphatic carbocycles. The Labute approximate surface area is 204 Å². The molecular weight excluding hydrogens is 414 g/mol. The van der Waals surface area contributed by atoms with E-state index >= 15 is 0 Å². The van der Waals surface area contributed by atoms with Crippen molar-refractivity contribution in [3.05, 3.63) is 114 Å². The van der Waals surface area contributed by atoms with Crippen LogP contribution in [0.2, 0.25) is 0 Å². The van der Waals surface area contributed by atoms with E-state index in [9.17, 15) is 0 Å². The minimum absolute atomic E-state index is 0.823. The first kappa shape index (κ1) is 26.3. The molecule has 3 nitrogen and oxygen atoms in total. The molecule has 0 atom stereocenters. The largest absolute Gasteiger partial charge is 0.399 e. The molecule has 0 spiro atoms. The van der Waals surface area contributed by atoms with Crippen LogP contribution in [-0.4, -0.2) is 0 Å². The van der Waals surface area contributed by atoms with Gasteiger partial charge in [0.15, 0.2) is 0 Å².